The number of alkyl halides is 1. The molecule has 2 aromatic carbocycles. The molecule has 1 heteroatoms. The second-order valence-corrected chi connectivity index (χ2v) is 5.11. The zero-order valence-corrected chi connectivity index (χ0v) is 13.0. The molecule has 0 aliphatic heterocycles. The summed E-state index contributed by atoms with van der Waals surface area (Å²) in [5.41, 5.74) is 5.35. The van der Waals surface area contributed by atoms with Crippen LogP contribution in [0, 0.1) is 13.8 Å². The topological polar surface area (TPSA) is 0 Å². The molecule has 0 spiro atoms. The summed E-state index contributed by atoms with van der Waals surface area (Å²) in [6.45, 7) is 6.44. The molecule has 0 radical (unpaired) electrons. The third-order valence-electron chi connectivity index (χ3n) is 2.77. The van der Waals surface area contributed by atoms with Crippen LogP contribution < -0.4 is 0 Å². The average Bonchev–Trinajstić information content (AvgIpc) is 2.41. The zero-order chi connectivity index (χ0) is 13.4. The van der Waals surface area contributed by atoms with Gasteiger partial charge in [0.05, 0.1) is 0 Å². The summed E-state index contributed by atoms with van der Waals surface area (Å²) in [4.78, 5) is 0. The van der Waals surface area contributed by atoms with Crippen LogP contribution in [0.25, 0.3) is 11.1 Å². The lowest BCUT2D eigenvalue weighted by molar-refractivity contribution is 1.12. The van der Waals surface area contributed by atoms with Crippen LogP contribution in [0.4, 0.5) is 0 Å². The number of hydrogen-bond acceptors (Lipinski definition) is 0. The van der Waals surface area contributed by atoms with E-state index in [-0.39, 0.29) is 0 Å². The Morgan fingerprint density at radius 3 is 1.39 bits per heavy atom. The maximum absolute atomic E-state index is 3.25. The Morgan fingerprint density at radius 1 is 0.778 bits per heavy atom. The maximum Gasteiger partial charge on any atom is 0.00286 e. The van der Waals surface area contributed by atoms with Crippen LogP contribution >= 0.6 is 15.9 Å². The summed E-state index contributed by atoms with van der Waals surface area (Å²) in [5.74, 6) is 0. The van der Waals surface area contributed by atoms with Gasteiger partial charge in [0, 0.05) is 5.33 Å². The van der Waals surface area contributed by atoms with Gasteiger partial charge in [0.1, 0.15) is 0 Å². The molecule has 0 unspecified atom stereocenters. The lowest BCUT2D eigenvalue weighted by Crippen LogP contribution is -1.85. The van der Waals surface area contributed by atoms with E-state index >= 15 is 0 Å². The maximum atomic E-state index is 3.25. The van der Waals surface area contributed by atoms with Crippen LogP contribution in [0.3, 0.4) is 0 Å². The molecule has 18 heavy (non-hydrogen) atoms. The van der Waals surface area contributed by atoms with Crippen LogP contribution in [-0.4, -0.2) is 5.33 Å². The van der Waals surface area contributed by atoms with Crippen molar-refractivity contribution in [2.75, 3.05) is 5.33 Å². The van der Waals surface area contributed by atoms with Crippen molar-refractivity contribution >= 4 is 15.9 Å². The molecule has 0 fully saturated rings. The van der Waals surface area contributed by atoms with Gasteiger partial charge in [-0.3, -0.25) is 0 Å². The first-order chi connectivity index (χ1) is 8.70. The highest BCUT2D eigenvalue weighted by Crippen LogP contribution is 2.25. The Morgan fingerprint density at radius 2 is 1.11 bits per heavy atom. The SMILES string of the molecule is CCCBr.Cc1ccccc1-c1ccccc1C. The van der Waals surface area contributed by atoms with Crippen molar-refractivity contribution in [3.8, 4) is 11.1 Å². The molecule has 0 saturated heterocycles. The summed E-state index contributed by atoms with van der Waals surface area (Å²) < 4.78 is 0. The van der Waals surface area contributed by atoms with E-state index in [4.69, 9.17) is 0 Å². The predicted molar refractivity (Wildman–Crippen MR) is 85.4 cm³/mol. The first-order valence-electron chi connectivity index (χ1n) is 6.38. The van der Waals surface area contributed by atoms with Crippen molar-refractivity contribution < 1.29 is 0 Å². The molecule has 2 rings (SSSR count). The van der Waals surface area contributed by atoms with Gasteiger partial charge >= 0.3 is 0 Å². The van der Waals surface area contributed by atoms with Crippen molar-refractivity contribution in [3.05, 3.63) is 59.7 Å². The van der Waals surface area contributed by atoms with Gasteiger partial charge in [-0.2, -0.15) is 0 Å². The summed E-state index contributed by atoms with van der Waals surface area (Å²) in [6.07, 6.45) is 1.24. The molecule has 96 valence electrons. The van der Waals surface area contributed by atoms with E-state index in [9.17, 15) is 0 Å². The van der Waals surface area contributed by atoms with Crippen molar-refractivity contribution in [1.82, 2.24) is 0 Å². The third kappa shape index (κ3) is 4.30. The van der Waals surface area contributed by atoms with E-state index < -0.39 is 0 Å². The van der Waals surface area contributed by atoms with Crippen LogP contribution in [0.2, 0.25) is 0 Å². The molecule has 0 amide bonds. The Balaban J connectivity index is 0.000000357. The highest BCUT2D eigenvalue weighted by molar-refractivity contribution is 9.09. The minimum absolute atomic E-state index is 1.13. The third-order valence-corrected chi connectivity index (χ3v) is 3.56. The molecule has 0 N–H and O–H groups in total. The minimum atomic E-state index is 1.13. The van der Waals surface area contributed by atoms with Gasteiger partial charge in [-0.25, -0.2) is 0 Å². The van der Waals surface area contributed by atoms with Crippen molar-refractivity contribution in [3.63, 3.8) is 0 Å². The molecular weight excluding hydrogens is 284 g/mol. The van der Waals surface area contributed by atoms with Gasteiger partial charge in [0.25, 0.3) is 0 Å². The van der Waals surface area contributed by atoms with Crippen molar-refractivity contribution in [1.29, 1.82) is 0 Å². The molecule has 0 aromatic heterocycles. The second-order valence-electron chi connectivity index (χ2n) is 4.32. The molecule has 2 aromatic rings. The standard InChI is InChI=1S/C14H14.C3H7Br/c1-11-7-3-5-9-13(11)14-10-6-4-8-12(14)2;1-2-3-4/h3-10H,1-2H3;2-3H2,1H3. The van der Waals surface area contributed by atoms with Crippen LogP contribution in [-0.2, 0) is 0 Å². The zero-order valence-electron chi connectivity index (χ0n) is 11.4. The number of halogens is 1. The minimum Gasteiger partial charge on any atom is -0.0928 e. The Bertz CT molecular complexity index is 429. The van der Waals surface area contributed by atoms with Gasteiger partial charge in [0.15, 0.2) is 0 Å². The average molecular weight is 305 g/mol. The molecule has 0 saturated carbocycles. The monoisotopic (exact) mass is 304 g/mol. The van der Waals surface area contributed by atoms with Crippen LogP contribution in [0.5, 0.6) is 0 Å². The predicted octanol–water partition coefficient (Wildman–Crippen LogP) is 5.76. The van der Waals surface area contributed by atoms with Gasteiger partial charge in [-0.15, -0.1) is 0 Å². The highest BCUT2D eigenvalue weighted by atomic mass is 79.9. The van der Waals surface area contributed by atoms with Gasteiger partial charge in [-0.05, 0) is 42.5 Å². The number of rotatable bonds is 2. The van der Waals surface area contributed by atoms with Crippen LogP contribution in [0.15, 0.2) is 48.5 Å². The molecule has 0 aliphatic carbocycles. The highest BCUT2D eigenvalue weighted by Gasteiger charge is 2.02. The van der Waals surface area contributed by atoms with Crippen LogP contribution in [0.1, 0.15) is 24.5 Å². The number of aryl methyl sites for hydroxylation is 2. The van der Waals surface area contributed by atoms with E-state index in [1.54, 1.807) is 0 Å². The molecule has 0 atom stereocenters. The molecule has 0 aliphatic rings. The van der Waals surface area contributed by atoms with E-state index in [2.05, 4.69) is 85.2 Å². The first-order valence-corrected chi connectivity index (χ1v) is 7.50. The molecule has 0 bridgehead atoms. The largest absolute Gasteiger partial charge is 0.0928 e. The summed E-state index contributed by atoms with van der Waals surface area (Å²) >= 11 is 3.25. The van der Waals surface area contributed by atoms with Crippen molar-refractivity contribution in [2.45, 2.75) is 27.2 Å². The fourth-order valence-electron chi connectivity index (χ4n) is 1.75. The smallest absolute Gasteiger partial charge is 0.00286 e. The lowest BCUT2D eigenvalue weighted by Gasteiger charge is -2.08. The van der Waals surface area contributed by atoms with E-state index in [1.165, 1.54) is 28.7 Å². The Kier molecular flexibility index (Phi) is 6.74. The Hall–Kier alpha value is -1.08. The lowest BCUT2D eigenvalue weighted by atomic mass is 9.97. The number of benzene rings is 2. The fraction of sp³-hybridized carbons (Fsp3) is 0.294. The number of hydrogen-bond donors (Lipinski definition) is 0. The summed E-state index contributed by atoms with van der Waals surface area (Å²) in [7, 11) is 0. The summed E-state index contributed by atoms with van der Waals surface area (Å²) in [6, 6.07) is 17.0. The second kappa shape index (κ2) is 8.10. The molecule has 0 heterocycles. The van der Waals surface area contributed by atoms with Gasteiger partial charge < -0.3 is 0 Å². The van der Waals surface area contributed by atoms with Gasteiger partial charge in [0.2, 0.25) is 0 Å². The summed E-state index contributed by atoms with van der Waals surface area (Å²) in [5, 5.41) is 1.13. The van der Waals surface area contributed by atoms with E-state index in [0.29, 0.717) is 0 Å². The molecule has 0 nitrogen and oxygen atoms in total. The Labute approximate surface area is 119 Å². The normalized spacial score (nSPS) is 9.56. The van der Waals surface area contributed by atoms with E-state index in [1.807, 2.05) is 0 Å². The fourth-order valence-corrected chi connectivity index (χ4v) is 1.75. The molecular formula is C17H21Br. The van der Waals surface area contributed by atoms with Gasteiger partial charge in [-0.1, -0.05) is 71.4 Å². The van der Waals surface area contributed by atoms with Crippen molar-refractivity contribution in [2.24, 2.45) is 0 Å². The first kappa shape index (κ1) is 15.0. The quantitative estimate of drug-likeness (QED) is 0.619. The van der Waals surface area contributed by atoms with E-state index in [0.717, 1.165) is 5.33 Å².